The van der Waals surface area contributed by atoms with Crippen LogP contribution in [0.25, 0.3) is 0 Å². The van der Waals surface area contributed by atoms with Gasteiger partial charge in [-0.15, -0.1) is 12.4 Å². The van der Waals surface area contributed by atoms with Gasteiger partial charge in [-0.1, -0.05) is 11.6 Å². The number of rotatable bonds is 3. The van der Waals surface area contributed by atoms with E-state index in [1.54, 1.807) is 6.07 Å². The van der Waals surface area contributed by atoms with E-state index in [9.17, 15) is 4.79 Å². The summed E-state index contributed by atoms with van der Waals surface area (Å²) in [5.41, 5.74) is 0.951. The molecule has 6 heteroatoms. The summed E-state index contributed by atoms with van der Waals surface area (Å²) in [7, 11) is 0. The highest BCUT2D eigenvalue weighted by atomic mass is 35.5. The summed E-state index contributed by atoms with van der Waals surface area (Å²) in [5, 5.41) is 4.26. The van der Waals surface area contributed by atoms with E-state index < -0.39 is 0 Å². The van der Waals surface area contributed by atoms with Crippen molar-refractivity contribution in [3.8, 4) is 5.75 Å². The molecule has 0 saturated carbocycles. The molecule has 2 atom stereocenters. The maximum atomic E-state index is 12.3. The van der Waals surface area contributed by atoms with Crippen LogP contribution in [0.4, 0.5) is 0 Å². The van der Waals surface area contributed by atoms with E-state index in [1.807, 2.05) is 24.0 Å². The van der Waals surface area contributed by atoms with Gasteiger partial charge in [-0.05, 0) is 49.9 Å². The minimum absolute atomic E-state index is 0. The van der Waals surface area contributed by atoms with E-state index in [2.05, 4.69) is 5.32 Å². The summed E-state index contributed by atoms with van der Waals surface area (Å²) in [6.45, 7) is 3.66. The van der Waals surface area contributed by atoms with Crippen LogP contribution in [0, 0.1) is 6.92 Å². The molecule has 1 amide bonds. The molecule has 2 aliphatic rings. The summed E-state index contributed by atoms with van der Waals surface area (Å²) in [5.74, 6) is 0.793. The minimum Gasteiger partial charge on any atom is -0.483 e. The standard InChI is InChI=1S/C16H21ClN2O2.ClH/c1-11-8-12(17)2-5-15(11)21-10-16(20)19-7-6-13-3-4-14(9-19)18-13;/h2,5,8,13-14,18H,3-4,6-7,9-10H2,1H3;1H. The molecular weight excluding hydrogens is 323 g/mol. The molecular formula is C16H22Cl2N2O2. The van der Waals surface area contributed by atoms with Crippen molar-refractivity contribution in [2.45, 2.75) is 38.3 Å². The van der Waals surface area contributed by atoms with Crippen LogP contribution < -0.4 is 10.1 Å². The molecule has 2 unspecified atom stereocenters. The number of benzene rings is 1. The average Bonchev–Trinajstić information content (AvgIpc) is 2.77. The fraction of sp³-hybridized carbons (Fsp3) is 0.562. The van der Waals surface area contributed by atoms with Gasteiger partial charge in [0.2, 0.25) is 0 Å². The monoisotopic (exact) mass is 344 g/mol. The average molecular weight is 345 g/mol. The maximum Gasteiger partial charge on any atom is 0.260 e. The SMILES string of the molecule is Cc1cc(Cl)ccc1OCC(=O)N1CCC2CCC(C1)N2.Cl. The van der Waals surface area contributed by atoms with Crippen molar-refractivity contribution in [3.05, 3.63) is 28.8 Å². The smallest absolute Gasteiger partial charge is 0.260 e. The number of nitrogens with zero attached hydrogens (tertiary/aromatic N) is 1. The van der Waals surface area contributed by atoms with Gasteiger partial charge in [0.15, 0.2) is 6.61 Å². The van der Waals surface area contributed by atoms with Crippen molar-refractivity contribution in [2.75, 3.05) is 19.7 Å². The first-order valence-electron chi connectivity index (χ1n) is 7.54. The summed E-state index contributed by atoms with van der Waals surface area (Å²) < 4.78 is 5.66. The van der Waals surface area contributed by atoms with Crippen LogP contribution in [-0.4, -0.2) is 42.6 Å². The van der Waals surface area contributed by atoms with E-state index in [0.717, 1.165) is 30.8 Å². The first-order chi connectivity index (χ1) is 10.1. The zero-order valence-corrected chi connectivity index (χ0v) is 14.3. The third kappa shape index (κ3) is 4.06. The van der Waals surface area contributed by atoms with Gasteiger partial charge in [-0.25, -0.2) is 0 Å². The van der Waals surface area contributed by atoms with E-state index in [4.69, 9.17) is 16.3 Å². The van der Waals surface area contributed by atoms with E-state index in [0.29, 0.717) is 17.1 Å². The number of hydrogen-bond donors (Lipinski definition) is 1. The normalized spacial score (nSPS) is 23.6. The zero-order valence-electron chi connectivity index (χ0n) is 12.7. The number of ether oxygens (including phenoxy) is 1. The van der Waals surface area contributed by atoms with Crippen molar-refractivity contribution < 1.29 is 9.53 Å². The van der Waals surface area contributed by atoms with Gasteiger partial charge < -0.3 is 15.0 Å². The number of likely N-dealkylation sites (tertiary alicyclic amines) is 1. The van der Waals surface area contributed by atoms with Gasteiger partial charge in [-0.2, -0.15) is 0 Å². The first-order valence-corrected chi connectivity index (χ1v) is 7.92. The molecule has 0 aromatic heterocycles. The van der Waals surface area contributed by atoms with Crippen LogP contribution in [0.3, 0.4) is 0 Å². The summed E-state index contributed by atoms with van der Waals surface area (Å²) >= 11 is 5.92. The molecule has 2 fully saturated rings. The van der Waals surface area contributed by atoms with Gasteiger partial charge in [-0.3, -0.25) is 4.79 Å². The second-order valence-corrected chi connectivity index (χ2v) is 6.40. The Labute approximate surface area is 142 Å². The van der Waals surface area contributed by atoms with Crippen molar-refractivity contribution >= 4 is 29.9 Å². The number of aryl methyl sites for hydroxylation is 1. The Morgan fingerprint density at radius 2 is 2.14 bits per heavy atom. The number of fused-ring (bicyclic) bond motifs is 2. The molecule has 2 saturated heterocycles. The molecule has 122 valence electrons. The zero-order chi connectivity index (χ0) is 14.8. The second-order valence-electron chi connectivity index (χ2n) is 5.96. The predicted molar refractivity (Wildman–Crippen MR) is 90.1 cm³/mol. The molecule has 4 nitrogen and oxygen atoms in total. The molecule has 0 radical (unpaired) electrons. The Bertz CT molecular complexity index is 539. The van der Waals surface area contributed by atoms with Crippen LogP contribution in [0.5, 0.6) is 5.75 Å². The van der Waals surface area contributed by atoms with E-state index in [1.165, 1.54) is 12.8 Å². The highest BCUT2D eigenvalue weighted by Gasteiger charge is 2.31. The quantitative estimate of drug-likeness (QED) is 0.916. The van der Waals surface area contributed by atoms with Gasteiger partial charge >= 0.3 is 0 Å². The van der Waals surface area contributed by atoms with E-state index >= 15 is 0 Å². The van der Waals surface area contributed by atoms with Crippen molar-refractivity contribution in [1.82, 2.24) is 10.2 Å². The fourth-order valence-electron chi connectivity index (χ4n) is 3.18. The van der Waals surface area contributed by atoms with Crippen molar-refractivity contribution in [2.24, 2.45) is 0 Å². The number of carbonyl (C=O) groups excluding carboxylic acids is 1. The molecule has 0 spiro atoms. The number of carbonyl (C=O) groups is 1. The van der Waals surface area contributed by atoms with Crippen LogP contribution in [-0.2, 0) is 4.79 Å². The Morgan fingerprint density at radius 3 is 2.91 bits per heavy atom. The lowest BCUT2D eigenvalue weighted by Crippen LogP contribution is -2.41. The molecule has 22 heavy (non-hydrogen) atoms. The van der Waals surface area contributed by atoms with Crippen LogP contribution in [0.15, 0.2) is 18.2 Å². The van der Waals surface area contributed by atoms with Crippen molar-refractivity contribution in [1.29, 1.82) is 0 Å². The highest BCUT2D eigenvalue weighted by Crippen LogP contribution is 2.23. The van der Waals surface area contributed by atoms with Crippen LogP contribution >= 0.6 is 24.0 Å². The summed E-state index contributed by atoms with van der Waals surface area (Å²) in [6, 6.07) is 6.49. The molecule has 2 aliphatic heterocycles. The lowest BCUT2D eigenvalue weighted by Gasteiger charge is -2.24. The van der Waals surface area contributed by atoms with Crippen molar-refractivity contribution in [3.63, 3.8) is 0 Å². The number of hydrogen-bond acceptors (Lipinski definition) is 3. The lowest BCUT2D eigenvalue weighted by atomic mass is 10.1. The first kappa shape index (κ1) is 17.4. The van der Waals surface area contributed by atoms with Crippen LogP contribution in [0.1, 0.15) is 24.8 Å². The Kier molecular flexibility index (Phi) is 5.95. The molecule has 1 aromatic rings. The summed E-state index contributed by atoms with van der Waals surface area (Å²) in [4.78, 5) is 14.3. The predicted octanol–water partition coefficient (Wildman–Crippen LogP) is 2.80. The number of nitrogens with one attached hydrogen (secondary N) is 1. The number of halogens is 2. The Morgan fingerprint density at radius 1 is 1.36 bits per heavy atom. The molecule has 0 aliphatic carbocycles. The molecule has 2 heterocycles. The maximum absolute atomic E-state index is 12.3. The molecule has 1 N–H and O–H groups in total. The Hall–Kier alpha value is -0.970. The minimum atomic E-state index is 0. The molecule has 2 bridgehead atoms. The van der Waals surface area contributed by atoms with Crippen LogP contribution in [0.2, 0.25) is 5.02 Å². The Balaban J connectivity index is 0.00000176. The lowest BCUT2D eigenvalue weighted by molar-refractivity contribution is -0.133. The highest BCUT2D eigenvalue weighted by molar-refractivity contribution is 6.30. The fourth-order valence-corrected chi connectivity index (χ4v) is 3.40. The number of amides is 1. The molecule has 1 aromatic carbocycles. The largest absolute Gasteiger partial charge is 0.483 e. The third-order valence-electron chi connectivity index (χ3n) is 4.36. The summed E-state index contributed by atoms with van der Waals surface area (Å²) in [6.07, 6.45) is 3.46. The van der Waals surface area contributed by atoms with Gasteiger partial charge in [0.25, 0.3) is 5.91 Å². The van der Waals surface area contributed by atoms with Gasteiger partial charge in [0, 0.05) is 30.2 Å². The molecule has 3 rings (SSSR count). The topological polar surface area (TPSA) is 41.6 Å². The van der Waals surface area contributed by atoms with Gasteiger partial charge in [0.05, 0.1) is 0 Å². The van der Waals surface area contributed by atoms with Gasteiger partial charge in [0.1, 0.15) is 5.75 Å². The third-order valence-corrected chi connectivity index (χ3v) is 4.60. The second kappa shape index (κ2) is 7.53. The van der Waals surface area contributed by atoms with E-state index in [-0.39, 0.29) is 24.9 Å².